The predicted molar refractivity (Wildman–Crippen MR) is 142 cm³/mol. The van der Waals surface area contributed by atoms with Gasteiger partial charge in [-0.2, -0.15) is 4.33 Å². The predicted octanol–water partition coefficient (Wildman–Crippen LogP) is -0.297. The quantitative estimate of drug-likeness (QED) is 0.0713. The maximum Gasteiger partial charge on any atom is 1.00 e. The second kappa shape index (κ2) is 15.8. The molecule has 0 unspecified atom stereocenters. The van der Waals surface area contributed by atoms with Gasteiger partial charge in [0.1, 0.15) is 10.1 Å². The fourth-order valence-corrected chi connectivity index (χ4v) is 4.57. The minimum atomic E-state index is -4.69. The molecule has 3 N–H and O–H groups in total. The summed E-state index contributed by atoms with van der Waals surface area (Å²) in [6.07, 6.45) is 1.32. The summed E-state index contributed by atoms with van der Waals surface area (Å²) < 4.78 is 39.5. The van der Waals surface area contributed by atoms with Gasteiger partial charge < -0.3 is 25.8 Å². The molecule has 0 atom stereocenters. The SMILES string of the molecule is C=Cc1ccc(Nc2cc(Nc3ccccc3)cc(Nc3ccc(SOO[O-])cc3)c2)cc1S(=O)(=O)[O-].[Na+].[Na+]. The van der Waals surface area contributed by atoms with E-state index in [2.05, 4.69) is 31.9 Å². The van der Waals surface area contributed by atoms with Gasteiger partial charge in [0.25, 0.3) is 0 Å². The van der Waals surface area contributed by atoms with Crippen molar-refractivity contribution in [2.24, 2.45) is 0 Å². The molecule has 0 radical (unpaired) electrons. The number of hydrogen-bond acceptors (Lipinski definition) is 10. The Labute approximate surface area is 275 Å². The van der Waals surface area contributed by atoms with Crippen molar-refractivity contribution in [2.45, 2.75) is 9.79 Å². The van der Waals surface area contributed by atoms with Crippen LogP contribution in [0.3, 0.4) is 0 Å². The van der Waals surface area contributed by atoms with Gasteiger partial charge in [-0.3, -0.25) is 5.04 Å². The Bertz CT molecular complexity index is 1490. The van der Waals surface area contributed by atoms with E-state index in [1.54, 1.807) is 30.3 Å². The number of para-hydroxylation sites is 1. The number of benzene rings is 4. The van der Waals surface area contributed by atoms with Crippen molar-refractivity contribution < 1.29 is 86.7 Å². The van der Waals surface area contributed by atoms with E-state index in [1.165, 1.54) is 18.2 Å². The summed E-state index contributed by atoms with van der Waals surface area (Å²) in [6.45, 7) is 3.57. The fraction of sp³-hybridized carbons (Fsp3) is 0. The van der Waals surface area contributed by atoms with Crippen LogP contribution in [-0.4, -0.2) is 13.0 Å². The van der Waals surface area contributed by atoms with Crippen LogP contribution < -0.4 is 80.3 Å². The number of nitrogens with one attached hydrogen (secondary N) is 3. The van der Waals surface area contributed by atoms with E-state index in [0.717, 1.165) is 34.8 Å². The Morgan fingerprint density at radius 3 is 1.74 bits per heavy atom. The summed E-state index contributed by atoms with van der Waals surface area (Å²) in [5.74, 6) is 0. The Kier molecular flexibility index (Phi) is 13.5. The van der Waals surface area contributed by atoms with E-state index in [-0.39, 0.29) is 69.6 Å². The molecule has 4 aromatic rings. The molecule has 0 saturated carbocycles. The van der Waals surface area contributed by atoms with Gasteiger partial charge in [0, 0.05) is 39.0 Å². The summed E-state index contributed by atoms with van der Waals surface area (Å²) in [5.41, 5.74) is 4.42. The average Bonchev–Trinajstić information content (AvgIpc) is 2.88. The van der Waals surface area contributed by atoms with E-state index >= 15 is 0 Å². The summed E-state index contributed by atoms with van der Waals surface area (Å²) >= 11 is 0.794. The van der Waals surface area contributed by atoms with Crippen LogP contribution in [-0.2, 0) is 19.5 Å². The normalized spacial score (nSPS) is 10.5. The molecule has 190 valence electrons. The van der Waals surface area contributed by atoms with Gasteiger partial charge in [-0.15, -0.1) is 0 Å². The molecule has 0 bridgehead atoms. The maximum absolute atomic E-state index is 11.7. The molecule has 0 heterocycles. The minimum absolute atomic E-state index is 0. The Balaban J connectivity index is 0.00000267. The molecule has 4 rings (SSSR count). The van der Waals surface area contributed by atoms with Crippen LogP contribution in [0.15, 0.2) is 107 Å². The Hall–Kier alpha value is -1.84. The molecule has 0 aliphatic carbocycles. The smallest absolute Gasteiger partial charge is 0.744 e. The zero-order valence-corrected chi connectivity index (χ0v) is 26.8. The molecule has 4 aromatic carbocycles. The first kappa shape index (κ1) is 33.4. The second-order valence-electron chi connectivity index (χ2n) is 7.69. The van der Waals surface area contributed by atoms with Crippen LogP contribution in [0.1, 0.15) is 5.56 Å². The monoisotopic (exact) mass is 581 g/mol. The van der Waals surface area contributed by atoms with Crippen molar-refractivity contribution in [1.82, 2.24) is 0 Å². The van der Waals surface area contributed by atoms with Crippen molar-refractivity contribution in [3.63, 3.8) is 0 Å². The molecular weight excluding hydrogens is 560 g/mol. The van der Waals surface area contributed by atoms with Crippen LogP contribution >= 0.6 is 12.0 Å². The molecule has 9 nitrogen and oxygen atoms in total. The van der Waals surface area contributed by atoms with E-state index in [0.29, 0.717) is 16.3 Å². The standard InChI is InChI=1S/C26H23N3O6S2.2Na/c1-2-18-8-9-21(17-26(18)37(31,32)33)29-24-15-22(27-19-6-4-3-5-7-19)14-23(16-24)28-20-10-12-25(13-11-20)36-35-34-30;;/h2-17,27-30H,1H2,(H,31,32,33);;/q;2*+1/p-2. The summed E-state index contributed by atoms with van der Waals surface area (Å²) in [4.78, 5) is 0.323. The zero-order chi connectivity index (χ0) is 26.3. The van der Waals surface area contributed by atoms with Crippen LogP contribution in [0, 0.1) is 0 Å². The zero-order valence-electron chi connectivity index (χ0n) is 21.2. The van der Waals surface area contributed by atoms with Gasteiger partial charge in [-0.25, -0.2) is 8.42 Å². The minimum Gasteiger partial charge on any atom is -0.744 e. The van der Waals surface area contributed by atoms with E-state index in [1.807, 2.05) is 48.5 Å². The largest absolute Gasteiger partial charge is 1.00 e. The summed E-state index contributed by atoms with van der Waals surface area (Å²) in [6, 6.07) is 26.8. The van der Waals surface area contributed by atoms with Gasteiger partial charge in [0.2, 0.25) is 0 Å². The Morgan fingerprint density at radius 1 is 0.718 bits per heavy atom. The molecule has 0 aromatic heterocycles. The van der Waals surface area contributed by atoms with Gasteiger partial charge in [-0.05, 0) is 72.3 Å². The molecule has 13 heteroatoms. The van der Waals surface area contributed by atoms with Gasteiger partial charge in [0.15, 0.2) is 0 Å². The van der Waals surface area contributed by atoms with Crippen LogP contribution in [0.4, 0.5) is 34.1 Å². The first-order chi connectivity index (χ1) is 17.8. The van der Waals surface area contributed by atoms with Gasteiger partial charge >= 0.3 is 59.1 Å². The first-order valence-electron chi connectivity index (χ1n) is 10.8. The fourth-order valence-electron chi connectivity index (χ4n) is 3.51. The van der Waals surface area contributed by atoms with Gasteiger partial charge in [0.05, 0.1) is 16.9 Å². The number of anilines is 6. The van der Waals surface area contributed by atoms with E-state index in [9.17, 15) is 18.2 Å². The number of rotatable bonds is 11. The van der Waals surface area contributed by atoms with E-state index in [4.69, 9.17) is 0 Å². The number of hydrogen-bond donors (Lipinski definition) is 3. The van der Waals surface area contributed by atoms with Crippen LogP contribution in [0.5, 0.6) is 0 Å². The summed E-state index contributed by atoms with van der Waals surface area (Å²) in [7, 11) is -4.69. The van der Waals surface area contributed by atoms with Crippen molar-refractivity contribution in [2.75, 3.05) is 16.0 Å². The molecular formula is C26H21N3Na2O6S2. The first-order valence-corrected chi connectivity index (χ1v) is 13.0. The van der Waals surface area contributed by atoms with Crippen molar-refractivity contribution >= 4 is 62.4 Å². The van der Waals surface area contributed by atoms with Gasteiger partial charge in [-0.1, -0.05) is 36.9 Å². The van der Waals surface area contributed by atoms with Crippen molar-refractivity contribution in [3.05, 3.63) is 103 Å². The molecule has 0 aliphatic heterocycles. The van der Waals surface area contributed by atoms with Crippen LogP contribution in [0.25, 0.3) is 6.08 Å². The molecule has 0 saturated heterocycles. The third-order valence-corrected chi connectivity index (χ3v) is 6.57. The van der Waals surface area contributed by atoms with Crippen LogP contribution in [0.2, 0.25) is 0 Å². The van der Waals surface area contributed by atoms with E-state index < -0.39 is 10.1 Å². The second-order valence-corrected chi connectivity index (χ2v) is 9.82. The third-order valence-electron chi connectivity index (χ3n) is 5.09. The Morgan fingerprint density at radius 2 is 1.23 bits per heavy atom. The molecule has 0 aliphatic rings. The third kappa shape index (κ3) is 9.94. The summed E-state index contributed by atoms with van der Waals surface area (Å²) in [5, 5.41) is 23.2. The average molecular weight is 582 g/mol. The molecule has 0 fully saturated rings. The van der Waals surface area contributed by atoms with Crippen molar-refractivity contribution in [1.29, 1.82) is 0 Å². The molecule has 39 heavy (non-hydrogen) atoms. The maximum atomic E-state index is 11.7. The molecule has 0 spiro atoms. The van der Waals surface area contributed by atoms with Crippen molar-refractivity contribution in [3.8, 4) is 0 Å². The topological polar surface area (TPSA) is 135 Å². The molecule has 0 amide bonds.